The number of nitrogen functional groups attached to an aromatic ring is 1. The second-order valence-corrected chi connectivity index (χ2v) is 3.98. The number of hydrogen-bond acceptors (Lipinski definition) is 3. The summed E-state index contributed by atoms with van der Waals surface area (Å²) in [5.41, 5.74) is 6.42. The van der Waals surface area contributed by atoms with Gasteiger partial charge in [-0.3, -0.25) is 4.98 Å². The second-order valence-electron chi connectivity index (χ2n) is 3.14. The molecule has 0 aliphatic heterocycles. The largest absolute Gasteiger partial charge is 0.385 e. The normalized spacial score (nSPS) is 10.4. The third-order valence-electron chi connectivity index (χ3n) is 2.06. The van der Waals surface area contributed by atoms with Crippen LogP contribution in [-0.4, -0.2) is 9.97 Å². The van der Waals surface area contributed by atoms with Crippen LogP contribution < -0.4 is 11.4 Å². The van der Waals surface area contributed by atoms with Gasteiger partial charge in [0.05, 0.1) is 5.02 Å². The standard InChI is InChI=1S/C10H7Cl2N3O/c11-5-1-2-6(8(12)3-5)7-4-14-10(16)15-9(7)13/h1-4H,(H3,13,14,15,16). The van der Waals surface area contributed by atoms with Crippen molar-refractivity contribution in [1.29, 1.82) is 0 Å². The van der Waals surface area contributed by atoms with Gasteiger partial charge in [0.2, 0.25) is 0 Å². The van der Waals surface area contributed by atoms with E-state index in [1.807, 2.05) is 0 Å². The van der Waals surface area contributed by atoms with E-state index in [0.29, 0.717) is 21.2 Å². The Hall–Kier alpha value is -1.52. The fourth-order valence-corrected chi connectivity index (χ4v) is 1.84. The van der Waals surface area contributed by atoms with Crippen LogP contribution in [0.1, 0.15) is 0 Å². The Bertz CT molecular complexity index is 595. The van der Waals surface area contributed by atoms with E-state index in [9.17, 15) is 4.79 Å². The molecule has 0 spiro atoms. The van der Waals surface area contributed by atoms with E-state index in [0.717, 1.165) is 0 Å². The van der Waals surface area contributed by atoms with Crippen LogP contribution in [0, 0.1) is 0 Å². The Kier molecular flexibility index (Phi) is 2.85. The molecule has 0 bridgehead atoms. The first-order valence-electron chi connectivity index (χ1n) is 4.38. The summed E-state index contributed by atoms with van der Waals surface area (Å²) in [5.74, 6) is 0.226. The topological polar surface area (TPSA) is 71.8 Å². The van der Waals surface area contributed by atoms with Crippen molar-refractivity contribution >= 4 is 29.0 Å². The fraction of sp³-hybridized carbons (Fsp3) is 0. The highest BCUT2D eigenvalue weighted by Crippen LogP contribution is 2.31. The molecule has 0 fully saturated rings. The molecule has 4 nitrogen and oxygen atoms in total. The van der Waals surface area contributed by atoms with E-state index < -0.39 is 5.69 Å². The number of nitrogens with zero attached hydrogens (tertiary/aromatic N) is 1. The number of rotatable bonds is 1. The highest BCUT2D eigenvalue weighted by Gasteiger charge is 2.08. The van der Waals surface area contributed by atoms with Gasteiger partial charge in [0.15, 0.2) is 0 Å². The maximum absolute atomic E-state index is 10.9. The summed E-state index contributed by atoms with van der Waals surface area (Å²) in [6, 6.07) is 5.01. The molecular formula is C10H7Cl2N3O. The molecule has 0 radical (unpaired) electrons. The number of nitrogens with two attached hydrogens (primary N) is 1. The Morgan fingerprint density at radius 3 is 2.62 bits per heavy atom. The molecule has 1 aromatic heterocycles. The van der Waals surface area contributed by atoms with Crippen LogP contribution in [0.2, 0.25) is 10.0 Å². The van der Waals surface area contributed by atoms with Crippen LogP contribution in [0.25, 0.3) is 11.1 Å². The molecule has 0 amide bonds. The van der Waals surface area contributed by atoms with Crippen molar-refractivity contribution in [2.75, 3.05) is 5.73 Å². The van der Waals surface area contributed by atoms with Crippen LogP contribution in [0.4, 0.5) is 5.82 Å². The number of halogens is 2. The van der Waals surface area contributed by atoms with Gasteiger partial charge in [-0.25, -0.2) is 9.78 Å². The summed E-state index contributed by atoms with van der Waals surface area (Å²) in [7, 11) is 0. The molecule has 1 heterocycles. The van der Waals surface area contributed by atoms with Crippen molar-refractivity contribution in [2.24, 2.45) is 0 Å². The van der Waals surface area contributed by atoms with E-state index in [1.54, 1.807) is 18.2 Å². The maximum atomic E-state index is 10.9. The summed E-state index contributed by atoms with van der Waals surface area (Å²) in [4.78, 5) is 16.9. The van der Waals surface area contributed by atoms with Crippen molar-refractivity contribution < 1.29 is 0 Å². The van der Waals surface area contributed by atoms with Crippen molar-refractivity contribution in [1.82, 2.24) is 9.97 Å². The Morgan fingerprint density at radius 2 is 2.00 bits per heavy atom. The number of aromatic nitrogens is 2. The van der Waals surface area contributed by atoms with E-state index in [1.165, 1.54) is 6.20 Å². The van der Waals surface area contributed by atoms with E-state index in [4.69, 9.17) is 28.9 Å². The van der Waals surface area contributed by atoms with Gasteiger partial charge < -0.3 is 5.73 Å². The zero-order chi connectivity index (χ0) is 11.7. The first kappa shape index (κ1) is 11.0. The smallest absolute Gasteiger partial charge is 0.346 e. The quantitative estimate of drug-likeness (QED) is 0.822. The molecule has 0 saturated carbocycles. The maximum Gasteiger partial charge on any atom is 0.346 e. The number of benzene rings is 1. The molecule has 1 aromatic carbocycles. The average Bonchev–Trinajstić information content (AvgIpc) is 2.19. The summed E-state index contributed by atoms with van der Waals surface area (Å²) < 4.78 is 0. The predicted octanol–water partition coefficient (Wildman–Crippen LogP) is 2.33. The number of H-pyrrole nitrogens is 1. The minimum absolute atomic E-state index is 0.226. The van der Waals surface area contributed by atoms with Gasteiger partial charge in [-0.2, -0.15) is 0 Å². The van der Waals surface area contributed by atoms with Crippen LogP contribution in [0.15, 0.2) is 29.2 Å². The molecule has 6 heteroatoms. The highest BCUT2D eigenvalue weighted by molar-refractivity contribution is 6.36. The lowest BCUT2D eigenvalue weighted by molar-refractivity contribution is 1.09. The van der Waals surface area contributed by atoms with E-state index in [2.05, 4.69) is 9.97 Å². The zero-order valence-corrected chi connectivity index (χ0v) is 9.51. The molecule has 2 aromatic rings. The number of aromatic amines is 1. The molecular weight excluding hydrogens is 249 g/mol. The first-order chi connectivity index (χ1) is 7.58. The SMILES string of the molecule is Nc1[nH]c(=O)ncc1-c1ccc(Cl)cc1Cl. The van der Waals surface area contributed by atoms with Crippen molar-refractivity contribution in [2.45, 2.75) is 0 Å². The monoisotopic (exact) mass is 255 g/mol. The lowest BCUT2D eigenvalue weighted by Gasteiger charge is -2.06. The van der Waals surface area contributed by atoms with Gasteiger partial charge in [0, 0.05) is 22.3 Å². The number of hydrogen-bond donors (Lipinski definition) is 2. The van der Waals surface area contributed by atoms with Gasteiger partial charge in [0.1, 0.15) is 5.82 Å². The Labute approximate surface area is 101 Å². The molecule has 16 heavy (non-hydrogen) atoms. The zero-order valence-electron chi connectivity index (χ0n) is 8.00. The van der Waals surface area contributed by atoms with Gasteiger partial charge in [-0.05, 0) is 12.1 Å². The van der Waals surface area contributed by atoms with Gasteiger partial charge in [-0.15, -0.1) is 0 Å². The van der Waals surface area contributed by atoms with Gasteiger partial charge in [0.25, 0.3) is 0 Å². The van der Waals surface area contributed by atoms with E-state index in [-0.39, 0.29) is 5.82 Å². The minimum atomic E-state index is -0.494. The fourth-order valence-electron chi connectivity index (χ4n) is 1.33. The lowest BCUT2D eigenvalue weighted by Crippen LogP contribution is -2.12. The van der Waals surface area contributed by atoms with Crippen LogP contribution >= 0.6 is 23.2 Å². The number of nitrogens with one attached hydrogen (secondary N) is 1. The molecule has 0 aliphatic rings. The second kappa shape index (κ2) is 4.15. The predicted molar refractivity (Wildman–Crippen MR) is 64.7 cm³/mol. The van der Waals surface area contributed by atoms with Crippen molar-refractivity contribution in [3.05, 3.63) is 44.9 Å². The Morgan fingerprint density at radius 1 is 1.25 bits per heavy atom. The summed E-state index contributed by atoms with van der Waals surface area (Å²) in [6.07, 6.45) is 1.38. The molecule has 2 rings (SSSR count). The summed E-state index contributed by atoms with van der Waals surface area (Å²) >= 11 is 11.8. The van der Waals surface area contributed by atoms with Crippen molar-refractivity contribution in [3.63, 3.8) is 0 Å². The molecule has 0 unspecified atom stereocenters. The molecule has 0 aliphatic carbocycles. The van der Waals surface area contributed by atoms with Crippen molar-refractivity contribution in [3.8, 4) is 11.1 Å². The summed E-state index contributed by atoms with van der Waals surface area (Å²) in [6.45, 7) is 0. The summed E-state index contributed by atoms with van der Waals surface area (Å²) in [5, 5.41) is 0.984. The van der Waals surface area contributed by atoms with Crippen LogP contribution in [0.3, 0.4) is 0 Å². The first-order valence-corrected chi connectivity index (χ1v) is 5.14. The Balaban J connectivity index is 2.63. The third-order valence-corrected chi connectivity index (χ3v) is 2.61. The van der Waals surface area contributed by atoms with E-state index >= 15 is 0 Å². The van der Waals surface area contributed by atoms with Gasteiger partial charge >= 0.3 is 5.69 Å². The van der Waals surface area contributed by atoms with Crippen LogP contribution in [0.5, 0.6) is 0 Å². The molecule has 0 saturated heterocycles. The number of anilines is 1. The molecule has 0 atom stereocenters. The molecule has 3 N–H and O–H groups in total. The molecule has 82 valence electrons. The third kappa shape index (κ3) is 2.03. The highest BCUT2D eigenvalue weighted by atomic mass is 35.5. The lowest BCUT2D eigenvalue weighted by atomic mass is 10.1. The minimum Gasteiger partial charge on any atom is -0.385 e. The average molecular weight is 256 g/mol. The van der Waals surface area contributed by atoms with Gasteiger partial charge in [-0.1, -0.05) is 29.3 Å². The van der Waals surface area contributed by atoms with Crippen LogP contribution in [-0.2, 0) is 0 Å².